The van der Waals surface area contributed by atoms with Crippen LogP contribution in [0, 0.1) is 17.8 Å². The quantitative estimate of drug-likeness (QED) is 0.298. The van der Waals surface area contributed by atoms with E-state index >= 15 is 0 Å². The van der Waals surface area contributed by atoms with Crippen LogP contribution in [0.2, 0.25) is 0 Å². The molecule has 0 bridgehead atoms. The summed E-state index contributed by atoms with van der Waals surface area (Å²) in [6, 6.07) is 10.4. The van der Waals surface area contributed by atoms with Crippen LogP contribution in [0.25, 0.3) is 0 Å². The van der Waals surface area contributed by atoms with Crippen molar-refractivity contribution in [3.63, 3.8) is 0 Å². The van der Waals surface area contributed by atoms with Gasteiger partial charge < -0.3 is 19.7 Å². The molecule has 2 saturated heterocycles. The Hall–Kier alpha value is -1.35. The van der Waals surface area contributed by atoms with Gasteiger partial charge in [-0.05, 0) is 24.3 Å². The number of guanidine groups is 1. The van der Waals surface area contributed by atoms with Gasteiger partial charge in [0.2, 0.25) is 0 Å². The molecule has 3 rings (SSSR count). The summed E-state index contributed by atoms with van der Waals surface area (Å²) < 4.78 is 11.0. The van der Waals surface area contributed by atoms with Gasteiger partial charge in [0, 0.05) is 39.2 Å². The van der Waals surface area contributed by atoms with Crippen molar-refractivity contribution in [2.75, 3.05) is 40.4 Å². The third-order valence-electron chi connectivity index (χ3n) is 5.72. The van der Waals surface area contributed by atoms with Crippen molar-refractivity contribution in [2.45, 2.75) is 25.9 Å². The highest BCUT2D eigenvalue weighted by molar-refractivity contribution is 14.0. The number of aliphatic imine (C=N–C) groups is 1. The van der Waals surface area contributed by atoms with Gasteiger partial charge >= 0.3 is 5.97 Å². The molecule has 28 heavy (non-hydrogen) atoms. The first-order valence-electron chi connectivity index (χ1n) is 9.84. The van der Waals surface area contributed by atoms with E-state index in [0.717, 1.165) is 38.5 Å². The maximum atomic E-state index is 12.0. The number of likely N-dealkylation sites (tertiary alicyclic amines) is 1. The van der Waals surface area contributed by atoms with E-state index in [2.05, 4.69) is 46.4 Å². The Morgan fingerprint density at radius 2 is 2.07 bits per heavy atom. The summed E-state index contributed by atoms with van der Waals surface area (Å²) in [5.41, 5.74) is 1.24. The molecule has 4 unspecified atom stereocenters. The van der Waals surface area contributed by atoms with Crippen LogP contribution in [-0.4, -0.2) is 57.2 Å². The molecule has 0 radical (unpaired) electrons. The largest absolute Gasteiger partial charge is 0.469 e. The first-order valence-corrected chi connectivity index (χ1v) is 9.84. The first kappa shape index (κ1) is 22.9. The smallest absolute Gasteiger partial charge is 0.310 e. The summed E-state index contributed by atoms with van der Waals surface area (Å²) in [5, 5.41) is 3.52. The highest BCUT2D eigenvalue weighted by Gasteiger charge is 2.37. The van der Waals surface area contributed by atoms with E-state index in [9.17, 15) is 4.79 Å². The Balaban J connectivity index is 0.00000280. The number of ether oxygens (including phenoxy) is 2. The summed E-state index contributed by atoms with van der Waals surface area (Å²) in [6.45, 7) is 5.17. The molecular formula is C21H32IN3O3. The molecule has 6 nitrogen and oxygen atoms in total. The van der Waals surface area contributed by atoms with Crippen LogP contribution in [0.5, 0.6) is 0 Å². The number of hydrogen-bond acceptors (Lipinski definition) is 4. The molecule has 0 amide bonds. The van der Waals surface area contributed by atoms with Gasteiger partial charge in [0.25, 0.3) is 0 Å². The van der Waals surface area contributed by atoms with Gasteiger partial charge in [0.15, 0.2) is 5.96 Å². The average Bonchev–Trinajstić information content (AvgIpc) is 3.10. The fourth-order valence-electron chi connectivity index (χ4n) is 4.22. The molecule has 2 fully saturated rings. The predicted octanol–water partition coefficient (Wildman–Crippen LogP) is 3.09. The minimum atomic E-state index is -0.134. The zero-order valence-corrected chi connectivity index (χ0v) is 19.3. The number of esters is 1. The number of nitrogens with zero attached hydrogens (tertiary/aromatic N) is 2. The maximum Gasteiger partial charge on any atom is 0.310 e. The van der Waals surface area contributed by atoms with E-state index < -0.39 is 0 Å². The Morgan fingerprint density at radius 1 is 1.32 bits per heavy atom. The maximum absolute atomic E-state index is 12.0. The molecule has 7 heteroatoms. The van der Waals surface area contributed by atoms with Gasteiger partial charge in [-0.15, -0.1) is 24.0 Å². The van der Waals surface area contributed by atoms with Crippen molar-refractivity contribution in [1.29, 1.82) is 0 Å². The highest BCUT2D eigenvalue weighted by Crippen LogP contribution is 2.33. The van der Waals surface area contributed by atoms with E-state index in [-0.39, 0.29) is 47.9 Å². The minimum Gasteiger partial charge on any atom is -0.469 e. The van der Waals surface area contributed by atoms with E-state index in [1.54, 1.807) is 7.05 Å². The van der Waals surface area contributed by atoms with Crippen LogP contribution in [0.4, 0.5) is 0 Å². The predicted molar refractivity (Wildman–Crippen MR) is 121 cm³/mol. The van der Waals surface area contributed by atoms with Crippen LogP contribution < -0.4 is 5.32 Å². The molecule has 0 spiro atoms. The van der Waals surface area contributed by atoms with Gasteiger partial charge in [-0.25, -0.2) is 0 Å². The number of nitrogens with one attached hydrogen (secondary N) is 1. The number of benzene rings is 1. The molecule has 2 aliphatic rings. The van der Waals surface area contributed by atoms with Crippen LogP contribution in [0.15, 0.2) is 35.3 Å². The van der Waals surface area contributed by atoms with Crippen molar-refractivity contribution < 1.29 is 14.3 Å². The number of methoxy groups -OCH3 is 1. The van der Waals surface area contributed by atoms with Crippen molar-refractivity contribution in [1.82, 2.24) is 10.2 Å². The number of carbonyl (C=O) groups is 1. The Morgan fingerprint density at radius 3 is 2.75 bits per heavy atom. The topological polar surface area (TPSA) is 63.2 Å². The third kappa shape index (κ3) is 5.37. The molecule has 1 aromatic rings. The van der Waals surface area contributed by atoms with Crippen LogP contribution in [-0.2, 0) is 14.3 Å². The lowest BCUT2D eigenvalue weighted by molar-refractivity contribution is -0.145. The molecular weight excluding hydrogens is 469 g/mol. The van der Waals surface area contributed by atoms with Crippen molar-refractivity contribution in [3.8, 4) is 0 Å². The lowest BCUT2D eigenvalue weighted by Gasteiger charge is -2.33. The monoisotopic (exact) mass is 501 g/mol. The van der Waals surface area contributed by atoms with Gasteiger partial charge in [0.1, 0.15) is 0 Å². The molecule has 0 aliphatic carbocycles. The fraction of sp³-hybridized carbons (Fsp3) is 0.619. The third-order valence-corrected chi connectivity index (χ3v) is 5.72. The number of hydrogen-bond donors (Lipinski definition) is 1. The Bertz CT molecular complexity index is 656. The summed E-state index contributed by atoms with van der Waals surface area (Å²) in [7, 11) is 3.25. The highest BCUT2D eigenvalue weighted by atomic mass is 127. The van der Waals surface area contributed by atoms with Crippen LogP contribution in [0.3, 0.4) is 0 Å². The van der Waals surface area contributed by atoms with E-state index in [4.69, 9.17) is 9.47 Å². The molecule has 1 aromatic carbocycles. The average molecular weight is 501 g/mol. The lowest BCUT2D eigenvalue weighted by Crippen LogP contribution is -2.44. The standard InChI is InChI=1S/C21H31N3O3.HI/c1-15-13-24(14-18(15)20(25)26-3)21(22-2)23-12-17-10-7-11-27-19(17)16-8-5-4-6-9-16;/h4-6,8-9,15,17-19H,7,10-14H2,1-3H3,(H,22,23);1H. The summed E-state index contributed by atoms with van der Waals surface area (Å²) in [5.74, 6) is 1.28. The normalized spacial score (nSPS) is 27.8. The minimum absolute atomic E-state index is 0. The van der Waals surface area contributed by atoms with E-state index in [0.29, 0.717) is 12.5 Å². The number of rotatable bonds is 4. The van der Waals surface area contributed by atoms with Gasteiger partial charge in [0.05, 0.1) is 19.1 Å². The Labute approximate surface area is 185 Å². The number of halogens is 1. The van der Waals surface area contributed by atoms with Crippen LogP contribution >= 0.6 is 24.0 Å². The second kappa shape index (κ2) is 11.0. The number of carbonyl (C=O) groups excluding carboxylic acids is 1. The second-order valence-corrected chi connectivity index (χ2v) is 7.54. The summed E-state index contributed by atoms with van der Waals surface area (Å²) in [6.07, 6.45) is 2.33. The first-order chi connectivity index (χ1) is 13.1. The molecule has 2 heterocycles. The fourth-order valence-corrected chi connectivity index (χ4v) is 4.22. The van der Waals surface area contributed by atoms with Gasteiger partial charge in [-0.1, -0.05) is 37.3 Å². The van der Waals surface area contributed by atoms with Gasteiger partial charge in [-0.2, -0.15) is 0 Å². The SMILES string of the molecule is CN=C(NCC1CCCOC1c1ccccc1)N1CC(C)C(C(=O)OC)C1.I. The molecule has 2 aliphatic heterocycles. The van der Waals surface area contributed by atoms with E-state index in [1.165, 1.54) is 12.7 Å². The molecule has 4 atom stereocenters. The second-order valence-electron chi connectivity index (χ2n) is 7.54. The van der Waals surface area contributed by atoms with Crippen molar-refractivity contribution in [2.24, 2.45) is 22.7 Å². The van der Waals surface area contributed by atoms with Gasteiger partial charge in [-0.3, -0.25) is 9.79 Å². The lowest BCUT2D eigenvalue weighted by atomic mass is 9.89. The summed E-state index contributed by atoms with van der Waals surface area (Å²) >= 11 is 0. The molecule has 1 N–H and O–H groups in total. The molecule has 156 valence electrons. The van der Waals surface area contributed by atoms with Crippen molar-refractivity contribution in [3.05, 3.63) is 35.9 Å². The van der Waals surface area contributed by atoms with Crippen LogP contribution in [0.1, 0.15) is 31.4 Å². The molecule has 0 saturated carbocycles. The van der Waals surface area contributed by atoms with E-state index in [1.807, 2.05) is 6.07 Å². The molecule has 0 aromatic heterocycles. The van der Waals surface area contributed by atoms with Crippen molar-refractivity contribution >= 4 is 35.9 Å². The Kier molecular flexibility index (Phi) is 9.01. The summed E-state index contributed by atoms with van der Waals surface area (Å²) in [4.78, 5) is 18.6. The zero-order valence-electron chi connectivity index (χ0n) is 17.0. The zero-order chi connectivity index (χ0) is 19.2.